The van der Waals surface area contributed by atoms with Gasteiger partial charge in [-0.05, 0) is 5.56 Å². The van der Waals surface area contributed by atoms with E-state index in [1.54, 1.807) is 0 Å². The Kier molecular flexibility index (Phi) is 4.51. The van der Waals surface area contributed by atoms with Crippen LogP contribution in [0.5, 0.6) is 0 Å². The van der Waals surface area contributed by atoms with E-state index in [0.29, 0.717) is 23.5 Å². The largest absolute Gasteiger partial charge is 0.394 e. The Hall–Kier alpha value is -2.59. The molecule has 26 heavy (non-hydrogen) atoms. The molecule has 0 radical (unpaired) electrons. The molecule has 3 aromatic rings. The highest BCUT2D eigenvalue weighted by Crippen LogP contribution is 2.32. The van der Waals surface area contributed by atoms with Gasteiger partial charge in [0.25, 0.3) is 0 Å². The fourth-order valence-electron chi connectivity index (χ4n) is 3.06. The molecule has 4 N–H and O–H groups in total. The van der Waals surface area contributed by atoms with E-state index in [4.69, 9.17) is 4.74 Å². The zero-order valence-electron chi connectivity index (χ0n) is 13.8. The van der Waals surface area contributed by atoms with Crippen molar-refractivity contribution in [1.29, 1.82) is 0 Å². The van der Waals surface area contributed by atoms with E-state index in [0.717, 1.165) is 5.56 Å². The monoisotopic (exact) mass is 357 g/mol. The summed E-state index contributed by atoms with van der Waals surface area (Å²) in [5.41, 5.74) is 2.09. The predicted octanol–water partition coefficient (Wildman–Crippen LogP) is 0.0499. The molecule has 9 nitrogen and oxygen atoms in total. The summed E-state index contributed by atoms with van der Waals surface area (Å²) >= 11 is 0. The molecule has 1 aromatic carbocycles. The van der Waals surface area contributed by atoms with Crippen LogP contribution in [0, 0.1) is 0 Å². The van der Waals surface area contributed by atoms with E-state index in [1.807, 2.05) is 30.3 Å². The summed E-state index contributed by atoms with van der Waals surface area (Å²) in [7, 11) is 0. The second-order valence-electron chi connectivity index (χ2n) is 6.11. The normalized spacial score (nSPS) is 25.7. The molecule has 0 bridgehead atoms. The maximum absolute atomic E-state index is 10.2. The lowest BCUT2D eigenvalue weighted by Gasteiger charge is -2.16. The summed E-state index contributed by atoms with van der Waals surface area (Å²) in [6, 6.07) is 9.88. The van der Waals surface area contributed by atoms with Crippen LogP contribution in [-0.4, -0.2) is 59.8 Å². The van der Waals surface area contributed by atoms with Crippen LogP contribution in [0.25, 0.3) is 11.2 Å². The molecule has 0 saturated carbocycles. The van der Waals surface area contributed by atoms with Crippen molar-refractivity contribution < 1.29 is 20.1 Å². The van der Waals surface area contributed by atoms with E-state index in [2.05, 4.69) is 20.3 Å². The highest BCUT2D eigenvalue weighted by molar-refractivity contribution is 5.82. The van der Waals surface area contributed by atoms with Gasteiger partial charge in [-0.25, -0.2) is 15.0 Å². The van der Waals surface area contributed by atoms with Crippen molar-refractivity contribution >= 4 is 17.0 Å². The lowest BCUT2D eigenvalue weighted by molar-refractivity contribution is -0.0511. The number of hydrogen-bond donors (Lipinski definition) is 4. The van der Waals surface area contributed by atoms with Gasteiger partial charge in [0.1, 0.15) is 24.6 Å². The van der Waals surface area contributed by atoms with Gasteiger partial charge in [0.2, 0.25) is 0 Å². The van der Waals surface area contributed by atoms with Crippen LogP contribution in [0.1, 0.15) is 11.8 Å². The third-order valence-corrected chi connectivity index (χ3v) is 4.45. The average molecular weight is 357 g/mol. The topological polar surface area (TPSA) is 126 Å². The Morgan fingerprint density at radius 3 is 2.62 bits per heavy atom. The first-order valence-electron chi connectivity index (χ1n) is 8.27. The number of nitrogens with one attached hydrogen (secondary N) is 1. The van der Waals surface area contributed by atoms with Crippen molar-refractivity contribution in [1.82, 2.24) is 19.5 Å². The Labute approximate surface area is 148 Å². The fourth-order valence-corrected chi connectivity index (χ4v) is 3.06. The van der Waals surface area contributed by atoms with Gasteiger partial charge in [0, 0.05) is 6.54 Å². The molecule has 0 unspecified atom stereocenters. The number of fused-ring (bicyclic) bond motifs is 1. The molecule has 0 amide bonds. The van der Waals surface area contributed by atoms with Gasteiger partial charge < -0.3 is 25.4 Å². The van der Waals surface area contributed by atoms with Gasteiger partial charge in [-0.15, -0.1) is 0 Å². The average Bonchev–Trinajstić information content (AvgIpc) is 3.23. The van der Waals surface area contributed by atoms with Gasteiger partial charge >= 0.3 is 0 Å². The molecule has 0 aliphatic carbocycles. The van der Waals surface area contributed by atoms with E-state index in [9.17, 15) is 15.3 Å². The molecular formula is C17H19N5O4. The minimum atomic E-state index is -1.19. The standard InChI is InChI=1S/C17H19N5O4/c23-7-11-13(24)14(25)17(26-11)22-9-21-12-15(19-8-20-16(12)22)18-6-10-4-2-1-3-5-10/h1-5,8-9,11,13-14,17,23-25H,6-7H2,(H,18,19,20)/t11-,13-,14+,17-/m0/s1. The smallest absolute Gasteiger partial charge is 0.167 e. The van der Waals surface area contributed by atoms with Crippen LogP contribution in [-0.2, 0) is 11.3 Å². The zero-order valence-corrected chi connectivity index (χ0v) is 13.8. The fraction of sp³-hybridized carbons (Fsp3) is 0.353. The molecule has 2 aromatic heterocycles. The third kappa shape index (κ3) is 2.90. The summed E-state index contributed by atoms with van der Waals surface area (Å²) in [6.07, 6.45) is -1.24. The van der Waals surface area contributed by atoms with Crippen LogP contribution >= 0.6 is 0 Å². The SMILES string of the molecule is OC[C@@H]1O[C@H](n2cnc3c(NCc4ccccc4)ncnc32)[C@H](O)[C@H]1O. The lowest BCUT2D eigenvalue weighted by Crippen LogP contribution is -2.33. The maximum Gasteiger partial charge on any atom is 0.167 e. The van der Waals surface area contributed by atoms with Gasteiger partial charge in [-0.1, -0.05) is 30.3 Å². The summed E-state index contributed by atoms with van der Waals surface area (Å²) in [4.78, 5) is 12.8. The van der Waals surface area contributed by atoms with Crippen LogP contribution < -0.4 is 5.32 Å². The molecule has 3 heterocycles. The third-order valence-electron chi connectivity index (χ3n) is 4.45. The second-order valence-corrected chi connectivity index (χ2v) is 6.11. The molecular weight excluding hydrogens is 338 g/mol. The Morgan fingerprint density at radius 1 is 1.08 bits per heavy atom. The molecule has 0 spiro atoms. The number of nitrogens with zero attached hydrogens (tertiary/aromatic N) is 4. The molecule has 1 aliphatic heterocycles. The van der Waals surface area contributed by atoms with Crippen molar-refractivity contribution in [2.24, 2.45) is 0 Å². The van der Waals surface area contributed by atoms with Crippen LogP contribution in [0.2, 0.25) is 0 Å². The number of anilines is 1. The first-order valence-corrected chi connectivity index (χ1v) is 8.27. The number of benzene rings is 1. The number of hydrogen-bond acceptors (Lipinski definition) is 8. The minimum absolute atomic E-state index is 0.389. The summed E-state index contributed by atoms with van der Waals surface area (Å²) in [6.45, 7) is 0.188. The van der Waals surface area contributed by atoms with E-state index >= 15 is 0 Å². The van der Waals surface area contributed by atoms with Crippen molar-refractivity contribution in [3.05, 3.63) is 48.5 Å². The zero-order chi connectivity index (χ0) is 18.1. The molecule has 4 rings (SSSR count). The maximum atomic E-state index is 10.2. The number of rotatable bonds is 5. The van der Waals surface area contributed by atoms with Crippen LogP contribution in [0.3, 0.4) is 0 Å². The second kappa shape index (κ2) is 6.96. The van der Waals surface area contributed by atoms with Gasteiger partial charge in [-0.2, -0.15) is 0 Å². The summed E-state index contributed by atoms with van der Waals surface area (Å²) in [5, 5.41) is 32.6. The van der Waals surface area contributed by atoms with Crippen molar-refractivity contribution in [3.63, 3.8) is 0 Å². The number of imidazole rings is 1. The van der Waals surface area contributed by atoms with Crippen molar-refractivity contribution in [2.45, 2.75) is 31.1 Å². The molecule has 1 saturated heterocycles. The van der Waals surface area contributed by atoms with Gasteiger partial charge in [0.05, 0.1) is 12.9 Å². The Bertz CT molecular complexity index is 887. The number of aliphatic hydroxyl groups excluding tert-OH is 3. The predicted molar refractivity (Wildman–Crippen MR) is 92.1 cm³/mol. The minimum Gasteiger partial charge on any atom is -0.394 e. The highest BCUT2D eigenvalue weighted by Gasteiger charge is 2.44. The van der Waals surface area contributed by atoms with E-state index in [-0.39, 0.29) is 6.61 Å². The van der Waals surface area contributed by atoms with Crippen molar-refractivity contribution in [3.8, 4) is 0 Å². The number of ether oxygens (including phenoxy) is 1. The quantitative estimate of drug-likeness (QED) is 0.505. The first-order chi connectivity index (χ1) is 12.7. The van der Waals surface area contributed by atoms with Crippen LogP contribution in [0.15, 0.2) is 43.0 Å². The summed E-state index contributed by atoms with van der Waals surface area (Å²) in [5.74, 6) is 0.560. The Balaban J connectivity index is 1.61. The molecule has 136 valence electrons. The number of aliphatic hydroxyl groups is 3. The Morgan fingerprint density at radius 2 is 1.88 bits per heavy atom. The van der Waals surface area contributed by atoms with Gasteiger partial charge in [-0.3, -0.25) is 4.57 Å². The molecule has 1 fully saturated rings. The number of aromatic nitrogens is 4. The van der Waals surface area contributed by atoms with Crippen LogP contribution in [0.4, 0.5) is 5.82 Å². The van der Waals surface area contributed by atoms with Gasteiger partial charge in [0.15, 0.2) is 23.2 Å². The summed E-state index contributed by atoms with van der Waals surface area (Å²) < 4.78 is 7.08. The molecule has 4 atom stereocenters. The van der Waals surface area contributed by atoms with E-state index < -0.39 is 24.5 Å². The van der Waals surface area contributed by atoms with Crippen molar-refractivity contribution in [2.75, 3.05) is 11.9 Å². The first kappa shape index (κ1) is 16.9. The lowest BCUT2D eigenvalue weighted by atomic mass is 10.1. The highest BCUT2D eigenvalue weighted by atomic mass is 16.6. The molecule has 1 aliphatic rings. The molecule has 9 heteroatoms. The van der Waals surface area contributed by atoms with E-state index in [1.165, 1.54) is 17.2 Å².